The number of hydrogen-bond donors (Lipinski definition) is 0. The molecule has 0 amide bonds. The summed E-state index contributed by atoms with van der Waals surface area (Å²) in [4.78, 5) is 0. The van der Waals surface area contributed by atoms with Gasteiger partial charge in [0.25, 0.3) is 0 Å². The molecular weight excluding hydrogens is 263 g/mol. The largest absolute Gasteiger partial charge is 0.490 e. The fraction of sp³-hybridized carbons (Fsp3) is 0.300. The Morgan fingerprint density at radius 1 is 1.58 bits per heavy atom. The first-order chi connectivity index (χ1) is 5.72. The van der Waals surface area contributed by atoms with Crippen LogP contribution in [0.4, 0.5) is 0 Å². The zero-order valence-corrected chi connectivity index (χ0v) is 9.24. The van der Waals surface area contributed by atoms with Crippen LogP contribution in [0.2, 0.25) is 0 Å². The molecule has 0 bridgehead atoms. The summed E-state index contributed by atoms with van der Waals surface area (Å²) in [6, 6.07) is 7.99. The molecule has 1 rings (SSSR count). The Balaban J connectivity index is 2.63. The van der Waals surface area contributed by atoms with Gasteiger partial charge in [-0.1, -0.05) is 13.0 Å². The minimum Gasteiger partial charge on any atom is -0.490 e. The van der Waals surface area contributed by atoms with Gasteiger partial charge < -0.3 is 4.74 Å². The molecule has 0 N–H and O–H groups in total. The second kappa shape index (κ2) is 4.70. The van der Waals surface area contributed by atoms with Crippen LogP contribution >= 0.6 is 22.6 Å². The maximum Gasteiger partial charge on any atom is 0.120 e. The van der Waals surface area contributed by atoms with Gasteiger partial charge >= 0.3 is 0 Å². The number of benzene rings is 1. The van der Waals surface area contributed by atoms with Crippen LogP contribution < -0.4 is 4.74 Å². The van der Waals surface area contributed by atoms with Gasteiger partial charge in [0.05, 0.1) is 6.10 Å². The second-order valence-electron chi connectivity index (χ2n) is 2.61. The summed E-state index contributed by atoms with van der Waals surface area (Å²) >= 11 is 2.26. The highest BCUT2D eigenvalue weighted by Gasteiger charge is 2.00. The molecule has 0 spiro atoms. The van der Waals surface area contributed by atoms with Gasteiger partial charge in [0.2, 0.25) is 0 Å². The van der Waals surface area contributed by atoms with E-state index in [4.69, 9.17) is 4.74 Å². The molecule has 1 atom stereocenters. The first kappa shape index (κ1) is 9.84. The standard InChI is InChI=1S/C10H12IO/c1-3-8(2)12-10-6-4-5-9(11)7-10/h4-8H,2-3H2,1H3. The van der Waals surface area contributed by atoms with Crippen molar-refractivity contribution < 1.29 is 4.74 Å². The average molecular weight is 275 g/mol. The molecule has 12 heavy (non-hydrogen) atoms. The summed E-state index contributed by atoms with van der Waals surface area (Å²) in [5, 5.41) is 0. The highest BCUT2D eigenvalue weighted by molar-refractivity contribution is 14.1. The normalized spacial score (nSPS) is 12.6. The van der Waals surface area contributed by atoms with E-state index in [1.165, 1.54) is 3.57 Å². The summed E-state index contributed by atoms with van der Waals surface area (Å²) in [7, 11) is 0. The van der Waals surface area contributed by atoms with Gasteiger partial charge in [-0.05, 0) is 54.1 Å². The highest BCUT2D eigenvalue weighted by Crippen LogP contribution is 2.16. The van der Waals surface area contributed by atoms with Crippen molar-refractivity contribution in [2.75, 3.05) is 0 Å². The van der Waals surface area contributed by atoms with E-state index in [1.54, 1.807) is 0 Å². The fourth-order valence-corrected chi connectivity index (χ4v) is 1.33. The van der Waals surface area contributed by atoms with Crippen LogP contribution in [0, 0.1) is 10.5 Å². The van der Waals surface area contributed by atoms with Crippen molar-refractivity contribution in [2.45, 2.75) is 19.4 Å². The molecule has 0 saturated heterocycles. The smallest absolute Gasteiger partial charge is 0.120 e. The third-order valence-corrected chi connectivity index (χ3v) is 2.23. The second-order valence-corrected chi connectivity index (χ2v) is 3.85. The molecule has 0 heterocycles. The van der Waals surface area contributed by atoms with Crippen LogP contribution in [0.25, 0.3) is 0 Å². The molecule has 0 fully saturated rings. The zero-order valence-electron chi connectivity index (χ0n) is 7.09. The van der Waals surface area contributed by atoms with Gasteiger partial charge in [-0.3, -0.25) is 0 Å². The van der Waals surface area contributed by atoms with Crippen molar-refractivity contribution in [2.24, 2.45) is 0 Å². The number of rotatable bonds is 3. The van der Waals surface area contributed by atoms with Gasteiger partial charge in [-0.15, -0.1) is 0 Å². The molecule has 1 unspecified atom stereocenters. The SMILES string of the molecule is [CH2]C(CC)Oc1cccc(I)c1. The minimum atomic E-state index is 0.0585. The van der Waals surface area contributed by atoms with Crippen molar-refractivity contribution in [3.63, 3.8) is 0 Å². The first-order valence-corrected chi connectivity index (χ1v) is 5.05. The number of ether oxygens (including phenoxy) is 1. The lowest BCUT2D eigenvalue weighted by Gasteiger charge is -2.11. The lowest BCUT2D eigenvalue weighted by atomic mass is 10.3. The lowest BCUT2D eigenvalue weighted by molar-refractivity contribution is 0.242. The Bertz CT molecular complexity index is 247. The molecule has 0 aliphatic carbocycles. The van der Waals surface area contributed by atoms with Crippen LogP contribution in [0.3, 0.4) is 0 Å². The summed E-state index contributed by atoms with van der Waals surface area (Å²) in [5.41, 5.74) is 0. The summed E-state index contributed by atoms with van der Waals surface area (Å²) in [6.07, 6.45) is 0.995. The lowest BCUT2D eigenvalue weighted by Crippen LogP contribution is -2.09. The van der Waals surface area contributed by atoms with E-state index in [-0.39, 0.29) is 6.10 Å². The van der Waals surface area contributed by atoms with Crippen LogP contribution in [-0.2, 0) is 0 Å². The monoisotopic (exact) mass is 275 g/mol. The van der Waals surface area contributed by atoms with Gasteiger partial charge in [0.1, 0.15) is 5.75 Å². The molecule has 1 aromatic carbocycles. The van der Waals surface area contributed by atoms with E-state index in [9.17, 15) is 0 Å². The third-order valence-electron chi connectivity index (χ3n) is 1.55. The molecule has 1 nitrogen and oxygen atoms in total. The molecule has 0 aliphatic rings. The Labute approximate surface area is 87.3 Å². The molecular formula is C10H12IO. The van der Waals surface area contributed by atoms with E-state index in [0.29, 0.717) is 0 Å². The van der Waals surface area contributed by atoms with E-state index in [1.807, 2.05) is 24.3 Å². The highest BCUT2D eigenvalue weighted by atomic mass is 127. The van der Waals surface area contributed by atoms with Crippen molar-refractivity contribution in [3.8, 4) is 5.75 Å². The average Bonchev–Trinajstić information content (AvgIpc) is 2.04. The third kappa shape index (κ3) is 3.01. The predicted molar refractivity (Wildman–Crippen MR) is 59.2 cm³/mol. The van der Waals surface area contributed by atoms with Gasteiger partial charge in [-0.25, -0.2) is 0 Å². The van der Waals surface area contributed by atoms with Crippen LogP contribution in [0.1, 0.15) is 13.3 Å². The first-order valence-electron chi connectivity index (χ1n) is 3.97. The quantitative estimate of drug-likeness (QED) is 0.769. The Morgan fingerprint density at radius 3 is 2.92 bits per heavy atom. The van der Waals surface area contributed by atoms with E-state index in [2.05, 4.69) is 36.4 Å². The van der Waals surface area contributed by atoms with Crippen molar-refractivity contribution in [1.82, 2.24) is 0 Å². The Morgan fingerprint density at radius 2 is 2.33 bits per heavy atom. The van der Waals surface area contributed by atoms with E-state index >= 15 is 0 Å². The Kier molecular flexibility index (Phi) is 3.85. The van der Waals surface area contributed by atoms with Crippen LogP contribution in [-0.4, -0.2) is 6.10 Å². The molecule has 1 aromatic rings. The predicted octanol–water partition coefficient (Wildman–Crippen LogP) is 3.28. The zero-order chi connectivity index (χ0) is 8.97. The van der Waals surface area contributed by atoms with E-state index < -0.39 is 0 Å². The van der Waals surface area contributed by atoms with Gasteiger partial charge in [0, 0.05) is 3.57 Å². The number of hydrogen-bond acceptors (Lipinski definition) is 1. The molecule has 0 aliphatic heterocycles. The van der Waals surface area contributed by atoms with Crippen LogP contribution in [0.5, 0.6) is 5.75 Å². The van der Waals surface area contributed by atoms with Gasteiger partial charge in [-0.2, -0.15) is 0 Å². The minimum absolute atomic E-state index is 0.0585. The molecule has 0 aromatic heterocycles. The van der Waals surface area contributed by atoms with Gasteiger partial charge in [0.15, 0.2) is 0 Å². The summed E-state index contributed by atoms with van der Waals surface area (Å²) in [6.45, 7) is 5.92. The van der Waals surface area contributed by atoms with Crippen molar-refractivity contribution in [1.29, 1.82) is 0 Å². The molecule has 0 saturated carbocycles. The topological polar surface area (TPSA) is 9.23 Å². The van der Waals surface area contributed by atoms with Crippen molar-refractivity contribution >= 4 is 22.6 Å². The molecule has 2 heteroatoms. The van der Waals surface area contributed by atoms with Crippen molar-refractivity contribution in [3.05, 3.63) is 34.8 Å². The fourth-order valence-electron chi connectivity index (χ4n) is 0.816. The molecule has 65 valence electrons. The maximum absolute atomic E-state index is 5.53. The van der Waals surface area contributed by atoms with Crippen LogP contribution in [0.15, 0.2) is 24.3 Å². The summed E-state index contributed by atoms with van der Waals surface area (Å²) in [5.74, 6) is 0.906. The Hall–Kier alpha value is -0.250. The number of halogens is 1. The van der Waals surface area contributed by atoms with E-state index in [0.717, 1.165) is 12.2 Å². The summed E-state index contributed by atoms with van der Waals surface area (Å²) < 4.78 is 6.72. The maximum atomic E-state index is 5.53. The molecule has 1 radical (unpaired) electrons.